The van der Waals surface area contributed by atoms with E-state index in [1.165, 1.54) is 19.3 Å². The van der Waals surface area contributed by atoms with Gasteiger partial charge >= 0.3 is 0 Å². The first kappa shape index (κ1) is 8.31. The molecule has 0 saturated carbocycles. The smallest absolute Gasteiger partial charge is 0.0499 e. The maximum atomic E-state index is 4.25. The summed E-state index contributed by atoms with van der Waals surface area (Å²) in [5, 5.41) is 3.46. The SMILES string of the molecule is CCCCC(S)NC. The van der Waals surface area contributed by atoms with Crippen molar-refractivity contribution in [1.82, 2.24) is 5.32 Å². The minimum atomic E-state index is 0.398. The van der Waals surface area contributed by atoms with Crippen LogP contribution in [-0.4, -0.2) is 12.4 Å². The molecule has 0 spiro atoms. The maximum Gasteiger partial charge on any atom is 0.0499 e. The second-order valence-corrected chi connectivity index (χ2v) is 2.57. The summed E-state index contributed by atoms with van der Waals surface area (Å²) >= 11 is 4.25. The highest BCUT2D eigenvalue weighted by Crippen LogP contribution is 2.01. The second-order valence-electron chi connectivity index (χ2n) is 1.95. The minimum absolute atomic E-state index is 0.398. The Hall–Kier alpha value is 0.310. The third-order valence-electron chi connectivity index (χ3n) is 1.16. The van der Waals surface area contributed by atoms with Crippen LogP contribution in [0.1, 0.15) is 26.2 Å². The Labute approximate surface area is 57.3 Å². The molecule has 0 aliphatic heterocycles. The molecule has 0 fully saturated rings. The molecule has 0 aliphatic rings. The van der Waals surface area contributed by atoms with Gasteiger partial charge in [-0.05, 0) is 13.5 Å². The number of rotatable bonds is 4. The minimum Gasteiger partial charge on any atom is -0.309 e. The fourth-order valence-electron chi connectivity index (χ4n) is 0.542. The lowest BCUT2D eigenvalue weighted by atomic mass is 10.2. The molecule has 2 heteroatoms. The quantitative estimate of drug-likeness (QED) is 0.439. The average Bonchev–Trinajstić information content (AvgIpc) is 1.83. The van der Waals surface area contributed by atoms with E-state index >= 15 is 0 Å². The number of hydrogen-bond donors (Lipinski definition) is 2. The Balaban J connectivity index is 2.86. The van der Waals surface area contributed by atoms with Gasteiger partial charge in [-0.3, -0.25) is 0 Å². The Morgan fingerprint density at radius 3 is 2.62 bits per heavy atom. The summed E-state index contributed by atoms with van der Waals surface area (Å²) in [5.41, 5.74) is 0. The van der Waals surface area contributed by atoms with Gasteiger partial charge in [-0.25, -0.2) is 0 Å². The molecule has 0 radical (unpaired) electrons. The molecule has 1 atom stereocenters. The van der Waals surface area contributed by atoms with Gasteiger partial charge in [0.05, 0.1) is 0 Å². The molecule has 50 valence electrons. The van der Waals surface area contributed by atoms with Crippen molar-refractivity contribution in [3.63, 3.8) is 0 Å². The first-order valence-corrected chi connectivity index (χ1v) is 3.68. The van der Waals surface area contributed by atoms with Crippen molar-refractivity contribution in [3.8, 4) is 0 Å². The van der Waals surface area contributed by atoms with Crippen LogP contribution in [0.3, 0.4) is 0 Å². The zero-order valence-corrected chi connectivity index (χ0v) is 6.54. The van der Waals surface area contributed by atoms with Gasteiger partial charge in [0.1, 0.15) is 0 Å². The zero-order chi connectivity index (χ0) is 6.41. The highest BCUT2D eigenvalue weighted by molar-refractivity contribution is 7.80. The fourth-order valence-corrected chi connectivity index (χ4v) is 0.724. The molecule has 0 aromatic carbocycles. The van der Waals surface area contributed by atoms with Crippen molar-refractivity contribution < 1.29 is 0 Å². The summed E-state index contributed by atoms with van der Waals surface area (Å²) in [5.74, 6) is 0. The first-order valence-electron chi connectivity index (χ1n) is 3.16. The molecule has 0 amide bonds. The molecule has 0 heterocycles. The van der Waals surface area contributed by atoms with E-state index < -0.39 is 0 Å². The van der Waals surface area contributed by atoms with Gasteiger partial charge in [0.15, 0.2) is 0 Å². The fraction of sp³-hybridized carbons (Fsp3) is 1.00. The largest absolute Gasteiger partial charge is 0.309 e. The van der Waals surface area contributed by atoms with Gasteiger partial charge in [0, 0.05) is 5.37 Å². The van der Waals surface area contributed by atoms with Crippen molar-refractivity contribution in [1.29, 1.82) is 0 Å². The highest BCUT2D eigenvalue weighted by atomic mass is 32.1. The van der Waals surface area contributed by atoms with Gasteiger partial charge < -0.3 is 5.32 Å². The Morgan fingerprint density at radius 2 is 2.25 bits per heavy atom. The molecule has 1 N–H and O–H groups in total. The van der Waals surface area contributed by atoms with Crippen LogP contribution in [0.25, 0.3) is 0 Å². The number of thiol groups is 1. The van der Waals surface area contributed by atoms with E-state index in [0.29, 0.717) is 5.37 Å². The third-order valence-corrected chi connectivity index (χ3v) is 1.68. The first-order chi connectivity index (χ1) is 3.81. The van der Waals surface area contributed by atoms with Crippen molar-refractivity contribution in [2.75, 3.05) is 7.05 Å². The van der Waals surface area contributed by atoms with Crippen LogP contribution in [0, 0.1) is 0 Å². The summed E-state index contributed by atoms with van der Waals surface area (Å²) < 4.78 is 0. The molecule has 0 aromatic rings. The monoisotopic (exact) mass is 133 g/mol. The number of nitrogens with one attached hydrogen (secondary N) is 1. The summed E-state index contributed by atoms with van der Waals surface area (Å²) in [7, 11) is 1.94. The van der Waals surface area contributed by atoms with Gasteiger partial charge in [0.25, 0.3) is 0 Å². The van der Waals surface area contributed by atoms with E-state index in [1.54, 1.807) is 0 Å². The van der Waals surface area contributed by atoms with E-state index in [0.717, 1.165) is 0 Å². The molecule has 8 heavy (non-hydrogen) atoms. The molecule has 1 nitrogen and oxygen atoms in total. The van der Waals surface area contributed by atoms with Crippen molar-refractivity contribution in [2.45, 2.75) is 31.6 Å². The summed E-state index contributed by atoms with van der Waals surface area (Å²) in [6.07, 6.45) is 3.71. The van der Waals surface area contributed by atoms with Crippen LogP contribution in [-0.2, 0) is 0 Å². The summed E-state index contributed by atoms with van der Waals surface area (Å²) in [6.45, 7) is 2.19. The molecule has 0 aliphatic carbocycles. The average molecular weight is 133 g/mol. The molecule has 0 saturated heterocycles. The Morgan fingerprint density at radius 1 is 1.62 bits per heavy atom. The maximum absolute atomic E-state index is 4.25. The van der Waals surface area contributed by atoms with Crippen LogP contribution < -0.4 is 5.32 Å². The summed E-state index contributed by atoms with van der Waals surface area (Å²) in [6, 6.07) is 0. The standard InChI is InChI=1S/C6H15NS/c1-3-4-5-6(8)7-2/h6-8H,3-5H2,1-2H3. The lowest BCUT2D eigenvalue weighted by molar-refractivity contribution is 0.633. The predicted octanol–water partition coefficient (Wildman–Crippen LogP) is 1.65. The van der Waals surface area contributed by atoms with Crippen LogP contribution in [0.5, 0.6) is 0 Å². The third kappa shape index (κ3) is 4.47. The van der Waals surface area contributed by atoms with E-state index in [-0.39, 0.29) is 0 Å². The highest BCUT2D eigenvalue weighted by Gasteiger charge is 1.94. The van der Waals surface area contributed by atoms with Gasteiger partial charge in [-0.15, -0.1) is 0 Å². The topological polar surface area (TPSA) is 12.0 Å². The zero-order valence-electron chi connectivity index (χ0n) is 5.65. The van der Waals surface area contributed by atoms with Crippen LogP contribution in [0.2, 0.25) is 0 Å². The van der Waals surface area contributed by atoms with E-state index in [9.17, 15) is 0 Å². The van der Waals surface area contributed by atoms with E-state index in [2.05, 4.69) is 24.9 Å². The van der Waals surface area contributed by atoms with Gasteiger partial charge in [-0.2, -0.15) is 12.6 Å². The second kappa shape index (κ2) is 5.45. The number of hydrogen-bond acceptors (Lipinski definition) is 2. The molecule has 1 unspecified atom stereocenters. The molecular weight excluding hydrogens is 118 g/mol. The van der Waals surface area contributed by atoms with Crippen molar-refractivity contribution in [3.05, 3.63) is 0 Å². The molecule has 0 bridgehead atoms. The van der Waals surface area contributed by atoms with Gasteiger partial charge in [-0.1, -0.05) is 19.8 Å². The van der Waals surface area contributed by atoms with Crippen LogP contribution >= 0.6 is 12.6 Å². The predicted molar refractivity (Wildman–Crippen MR) is 41.4 cm³/mol. The lowest BCUT2D eigenvalue weighted by Gasteiger charge is -2.05. The molecule has 0 aromatic heterocycles. The number of unbranched alkanes of at least 4 members (excludes halogenated alkanes) is 1. The van der Waals surface area contributed by atoms with Crippen LogP contribution in [0.4, 0.5) is 0 Å². The van der Waals surface area contributed by atoms with E-state index in [1.807, 2.05) is 7.05 Å². The molecule has 0 rings (SSSR count). The summed E-state index contributed by atoms with van der Waals surface area (Å²) in [4.78, 5) is 0. The lowest BCUT2D eigenvalue weighted by Crippen LogP contribution is -2.17. The Kier molecular flexibility index (Phi) is 5.66. The van der Waals surface area contributed by atoms with Crippen molar-refractivity contribution in [2.24, 2.45) is 0 Å². The normalized spacial score (nSPS) is 13.9. The van der Waals surface area contributed by atoms with Crippen LogP contribution in [0.15, 0.2) is 0 Å². The Bertz CT molecular complexity index is 47.8. The van der Waals surface area contributed by atoms with Gasteiger partial charge in [0.2, 0.25) is 0 Å². The molecular formula is C6H15NS. The van der Waals surface area contributed by atoms with Crippen molar-refractivity contribution >= 4 is 12.6 Å². The van der Waals surface area contributed by atoms with E-state index in [4.69, 9.17) is 0 Å².